The third-order valence-corrected chi connectivity index (χ3v) is 8.55. The predicted molar refractivity (Wildman–Crippen MR) is 142 cm³/mol. The van der Waals surface area contributed by atoms with E-state index in [1.165, 1.54) is 10.4 Å². The molecule has 0 radical (unpaired) electrons. The number of aromatic nitrogens is 4. The molecule has 0 spiro atoms. The zero-order valence-electron chi connectivity index (χ0n) is 21.9. The van der Waals surface area contributed by atoms with E-state index in [0.29, 0.717) is 48.8 Å². The highest BCUT2D eigenvalue weighted by Crippen LogP contribution is 2.33. The van der Waals surface area contributed by atoms with Crippen molar-refractivity contribution in [1.29, 1.82) is 0 Å². The third kappa shape index (κ3) is 5.35. The Balaban J connectivity index is 1.47. The largest absolute Gasteiger partial charge is 0.416 e. The maximum Gasteiger partial charge on any atom is 0.416 e. The first-order valence-electron chi connectivity index (χ1n) is 12.7. The number of aryl methyl sites for hydroxylation is 1. The van der Waals surface area contributed by atoms with Gasteiger partial charge in [-0.2, -0.15) is 22.6 Å². The highest BCUT2D eigenvalue weighted by Gasteiger charge is 2.34. The number of sulfonamides is 1. The quantitative estimate of drug-likeness (QED) is 0.336. The van der Waals surface area contributed by atoms with E-state index in [4.69, 9.17) is 15.1 Å². The summed E-state index contributed by atoms with van der Waals surface area (Å²) < 4.78 is 69.0. The molecule has 5 rings (SSSR count). The molecular formula is C27H29F3N6O2S. The average molecular weight is 559 g/mol. The molecule has 1 aliphatic heterocycles. The summed E-state index contributed by atoms with van der Waals surface area (Å²) in [5.41, 5.74) is 1.30. The number of para-hydroxylation sites is 1. The zero-order valence-corrected chi connectivity index (χ0v) is 22.7. The fourth-order valence-electron chi connectivity index (χ4n) is 4.76. The molecule has 3 heterocycles. The molecule has 2 aromatic carbocycles. The number of rotatable bonds is 6. The smallest absolute Gasteiger partial charge is 0.353 e. The van der Waals surface area contributed by atoms with Gasteiger partial charge in [0.25, 0.3) is 0 Å². The number of nitrogens with zero attached hydrogens (tertiary/aromatic N) is 6. The second-order valence-electron chi connectivity index (χ2n) is 10.0. The molecule has 0 N–H and O–H groups in total. The highest BCUT2D eigenvalue weighted by atomic mass is 32.2. The van der Waals surface area contributed by atoms with Crippen molar-refractivity contribution < 1.29 is 21.6 Å². The molecule has 0 aliphatic carbocycles. The van der Waals surface area contributed by atoms with Gasteiger partial charge in [-0.15, -0.1) is 0 Å². The van der Waals surface area contributed by atoms with E-state index in [1.807, 2.05) is 42.2 Å². The van der Waals surface area contributed by atoms with Crippen LogP contribution in [0, 0.1) is 12.8 Å². The molecule has 1 fully saturated rings. The summed E-state index contributed by atoms with van der Waals surface area (Å²) >= 11 is 0. The first-order chi connectivity index (χ1) is 18.4. The molecule has 206 valence electrons. The van der Waals surface area contributed by atoms with Gasteiger partial charge >= 0.3 is 6.18 Å². The van der Waals surface area contributed by atoms with Crippen LogP contribution in [-0.4, -0.2) is 58.7 Å². The van der Waals surface area contributed by atoms with Crippen LogP contribution in [0.4, 0.5) is 19.0 Å². The van der Waals surface area contributed by atoms with E-state index >= 15 is 0 Å². The number of benzene rings is 2. The summed E-state index contributed by atoms with van der Waals surface area (Å²) in [5.74, 6) is 1.67. The lowest BCUT2D eigenvalue weighted by atomic mass is 10.1. The molecule has 0 amide bonds. The number of alkyl halides is 3. The minimum Gasteiger partial charge on any atom is -0.353 e. The molecule has 4 aromatic rings. The molecular weight excluding hydrogens is 529 g/mol. The Bertz CT molecular complexity index is 1600. The molecule has 8 nitrogen and oxygen atoms in total. The zero-order chi connectivity index (χ0) is 27.9. The van der Waals surface area contributed by atoms with Crippen LogP contribution in [0.2, 0.25) is 0 Å². The van der Waals surface area contributed by atoms with Crippen LogP contribution in [0.1, 0.15) is 30.9 Å². The van der Waals surface area contributed by atoms with Gasteiger partial charge in [0.1, 0.15) is 11.6 Å². The third-order valence-electron chi connectivity index (χ3n) is 6.66. The molecule has 0 atom stereocenters. The number of hydrogen-bond acceptors (Lipinski definition) is 6. The monoisotopic (exact) mass is 558 g/mol. The van der Waals surface area contributed by atoms with Crippen molar-refractivity contribution in [2.24, 2.45) is 5.92 Å². The van der Waals surface area contributed by atoms with Gasteiger partial charge in [0.2, 0.25) is 10.0 Å². The van der Waals surface area contributed by atoms with Gasteiger partial charge < -0.3 is 4.90 Å². The molecule has 2 aromatic heterocycles. The van der Waals surface area contributed by atoms with Crippen LogP contribution in [0.5, 0.6) is 0 Å². The van der Waals surface area contributed by atoms with Crippen LogP contribution in [-0.2, 0) is 22.6 Å². The number of piperazine rings is 1. The SMILES string of the molecule is Cc1nn(-c2ccccc2)c2nc(CC(C)C)nc(N3CCN(S(=O)(=O)c4cccc(C(F)(F)F)c4)CC3)c12. The maximum atomic E-state index is 13.2. The molecule has 0 unspecified atom stereocenters. The fourth-order valence-corrected chi connectivity index (χ4v) is 6.23. The van der Waals surface area contributed by atoms with Crippen molar-refractivity contribution in [1.82, 2.24) is 24.1 Å². The minimum absolute atomic E-state index is 0.107. The van der Waals surface area contributed by atoms with E-state index in [9.17, 15) is 21.6 Å². The Kier molecular flexibility index (Phi) is 7.10. The first kappa shape index (κ1) is 27.1. The minimum atomic E-state index is -4.63. The standard InChI is InChI=1S/C27H29F3N6O2S/c1-18(2)16-23-31-25(24-19(3)33-36(26(24)32-23)21-9-5-4-6-10-21)34-12-14-35(15-13-34)39(37,38)22-11-7-8-20(17-22)27(28,29)30/h4-11,17-18H,12-16H2,1-3H3. The summed E-state index contributed by atoms with van der Waals surface area (Å²) in [5, 5.41) is 5.54. The van der Waals surface area contributed by atoms with Gasteiger partial charge in [-0.25, -0.2) is 23.1 Å². The number of halogens is 3. The van der Waals surface area contributed by atoms with Crippen LogP contribution in [0.3, 0.4) is 0 Å². The van der Waals surface area contributed by atoms with Crippen molar-refractivity contribution >= 4 is 26.9 Å². The van der Waals surface area contributed by atoms with Crippen LogP contribution >= 0.6 is 0 Å². The first-order valence-corrected chi connectivity index (χ1v) is 14.1. The summed E-state index contributed by atoms with van der Waals surface area (Å²) in [7, 11) is -4.10. The topological polar surface area (TPSA) is 84.2 Å². The number of anilines is 1. The summed E-state index contributed by atoms with van der Waals surface area (Å²) in [4.78, 5) is 11.4. The molecule has 0 saturated carbocycles. The summed E-state index contributed by atoms with van der Waals surface area (Å²) in [6.45, 7) is 6.92. The highest BCUT2D eigenvalue weighted by molar-refractivity contribution is 7.89. The van der Waals surface area contributed by atoms with Gasteiger partial charge in [-0.05, 0) is 43.2 Å². The van der Waals surface area contributed by atoms with E-state index in [0.717, 1.165) is 28.9 Å². The van der Waals surface area contributed by atoms with Crippen LogP contribution in [0.15, 0.2) is 59.5 Å². The summed E-state index contributed by atoms with van der Waals surface area (Å²) in [6.07, 6.45) is -3.97. The lowest BCUT2D eigenvalue weighted by molar-refractivity contribution is -0.137. The van der Waals surface area contributed by atoms with Crippen molar-refractivity contribution in [3.05, 3.63) is 71.7 Å². The Labute approximate surface area is 225 Å². The van der Waals surface area contributed by atoms with E-state index in [-0.39, 0.29) is 18.0 Å². The lowest BCUT2D eigenvalue weighted by Crippen LogP contribution is -2.49. The second-order valence-corrected chi connectivity index (χ2v) is 11.9. The Morgan fingerprint density at radius 2 is 1.64 bits per heavy atom. The Hall–Kier alpha value is -3.51. The normalized spacial score (nSPS) is 15.4. The second kappa shape index (κ2) is 10.2. The number of fused-ring (bicyclic) bond motifs is 1. The fraction of sp³-hybridized carbons (Fsp3) is 0.370. The van der Waals surface area contributed by atoms with Gasteiger partial charge in [0, 0.05) is 32.6 Å². The van der Waals surface area contributed by atoms with E-state index in [1.54, 1.807) is 4.68 Å². The van der Waals surface area contributed by atoms with Gasteiger partial charge in [-0.1, -0.05) is 38.1 Å². The van der Waals surface area contributed by atoms with Gasteiger partial charge in [-0.3, -0.25) is 0 Å². The van der Waals surface area contributed by atoms with Crippen molar-refractivity contribution in [2.75, 3.05) is 31.1 Å². The van der Waals surface area contributed by atoms with E-state index in [2.05, 4.69) is 13.8 Å². The molecule has 1 aliphatic rings. The summed E-state index contributed by atoms with van der Waals surface area (Å²) in [6, 6.07) is 13.6. The number of hydrogen-bond donors (Lipinski definition) is 0. The Morgan fingerprint density at radius 3 is 2.28 bits per heavy atom. The van der Waals surface area contributed by atoms with Crippen LogP contribution in [0.25, 0.3) is 16.7 Å². The van der Waals surface area contributed by atoms with Gasteiger partial charge in [0.15, 0.2) is 5.65 Å². The maximum absolute atomic E-state index is 13.2. The average Bonchev–Trinajstić information content (AvgIpc) is 3.24. The van der Waals surface area contributed by atoms with Gasteiger partial charge in [0.05, 0.1) is 27.2 Å². The molecule has 1 saturated heterocycles. The molecule has 12 heteroatoms. The Morgan fingerprint density at radius 1 is 0.949 bits per heavy atom. The van der Waals surface area contributed by atoms with E-state index < -0.39 is 21.8 Å². The predicted octanol–water partition coefficient (Wildman–Crippen LogP) is 4.85. The van der Waals surface area contributed by atoms with Crippen molar-refractivity contribution in [3.8, 4) is 5.69 Å². The van der Waals surface area contributed by atoms with Crippen LogP contribution < -0.4 is 4.90 Å². The molecule has 39 heavy (non-hydrogen) atoms. The van der Waals surface area contributed by atoms with Crippen molar-refractivity contribution in [2.45, 2.75) is 38.3 Å². The molecule has 0 bridgehead atoms. The van der Waals surface area contributed by atoms with Crippen molar-refractivity contribution in [3.63, 3.8) is 0 Å². The lowest BCUT2D eigenvalue weighted by Gasteiger charge is -2.35.